The minimum atomic E-state index is -0.335. The van der Waals surface area contributed by atoms with Gasteiger partial charge < -0.3 is 0 Å². The lowest BCUT2D eigenvalue weighted by molar-refractivity contribution is -0.122. The first-order chi connectivity index (χ1) is 11.6. The number of hydrogen-bond acceptors (Lipinski definition) is 3. The van der Waals surface area contributed by atoms with Gasteiger partial charge in [-0.05, 0) is 66.7 Å². The first-order valence-electron chi connectivity index (χ1n) is 7.38. The molecule has 2 aromatic carbocycles. The fraction of sp³-hybridized carbons (Fsp3) is 0.111. The number of aliphatic imine (C=N–C) groups is 1. The second-order valence-corrected chi connectivity index (χ2v) is 6.09. The number of rotatable bonds is 3. The largest absolute Gasteiger partial charge is 0.287 e. The topological polar surface area (TPSA) is 32.7 Å². The minimum Gasteiger partial charge on any atom is -0.287 e. The van der Waals surface area contributed by atoms with Crippen LogP contribution in [0, 0.1) is 11.6 Å². The molecule has 122 valence electrons. The van der Waals surface area contributed by atoms with Crippen LogP contribution in [-0.4, -0.2) is 22.5 Å². The number of nitrogens with zero attached hydrogens (tertiary/aromatic N) is 2. The molecule has 1 amide bonds. The summed E-state index contributed by atoms with van der Waals surface area (Å²) in [6.07, 6.45) is 1.71. The van der Waals surface area contributed by atoms with Crippen molar-refractivity contribution in [3.05, 3.63) is 70.6 Å². The Balaban J connectivity index is 1.91. The molecule has 0 aromatic heterocycles. The number of halogens is 2. The van der Waals surface area contributed by atoms with Crippen LogP contribution in [0.5, 0.6) is 0 Å². The smallest absolute Gasteiger partial charge is 0.266 e. The van der Waals surface area contributed by atoms with E-state index < -0.39 is 0 Å². The number of amidine groups is 1. The highest BCUT2D eigenvalue weighted by molar-refractivity contribution is 8.18. The summed E-state index contributed by atoms with van der Waals surface area (Å²) in [5.74, 6) is -0.803. The van der Waals surface area contributed by atoms with Gasteiger partial charge in [0.15, 0.2) is 5.17 Å². The fourth-order valence-corrected chi connectivity index (χ4v) is 3.27. The number of likely N-dealkylation sites (N-methyl/N-ethyl adjacent to an activating group) is 1. The third-order valence-corrected chi connectivity index (χ3v) is 4.43. The maximum absolute atomic E-state index is 13.0. The molecule has 1 aliphatic rings. The maximum Gasteiger partial charge on any atom is 0.266 e. The second-order valence-electron chi connectivity index (χ2n) is 5.08. The molecule has 0 N–H and O–H groups in total. The SMILES string of the molecule is CCN1C(=O)/C(=C\c2ccc(F)cc2)SC1=Nc1ccc(F)cc1. The average molecular weight is 344 g/mol. The van der Waals surface area contributed by atoms with Gasteiger partial charge in [0.2, 0.25) is 0 Å². The van der Waals surface area contributed by atoms with Gasteiger partial charge in [0, 0.05) is 6.54 Å². The average Bonchev–Trinajstić information content (AvgIpc) is 2.86. The highest BCUT2D eigenvalue weighted by atomic mass is 32.2. The first kappa shape index (κ1) is 16.4. The summed E-state index contributed by atoms with van der Waals surface area (Å²) >= 11 is 1.25. The summed E-state index contributed by atoms with van der Waals surface area (Å²) in [6.45, 7) is 2.34. The Kier molecular flexibility index (Phi) is 4.76. The van der Waals surface area contributed by atoms with Crippen molar-refractivity contribution in [3.63, 3.8) is 0 Å². The summed E-state index contributed by atoms with van der Waals surface area (Å²) in [4.78, 5) is 19.0. The van der Waals surface area contributed by atoms with Crippen molar-refractivity contribution in [1.29, 1.82) is 0 Å². The van der Waals surface area contributed by atoms with Crippen molar-refractivity contribution in [2.24, 2.45) is 4.99 Å². The quantitative estimate of drug-likeness (QED) is 0.763. The zero-order valence-corrected chi connectivity index (χ0v) is 13.7. The summed E-state index contributed by atoms with van der Waals surface area (Å²) in [7, 11) is 0. The van der Waals surface area contributed by atoms with E-state index in [-0.39, 0.29) is 17.5 Å². The van der Waals surface area contributed by atoms with Crippen LogP contribution in [-0.2, 0) is 4.79 Å². The third-order valence-electron chi connectivity index (χ3n) is 3.42. The molecule has 3 rings (SSSR count). The maximum atomic E-state index is 13.0. The molecular formula is C18H14F2N2OS. The van der Waals surface area contributed by atoms with E-state index in [1.165, 1.54) is 36.0 Å². The molecule has 3 nitrogen and oxygen atoms in total. The number of carbonyl (C=O) groups excluding carboxylic acids is 1. The summed E-state index contributed by atoms with van der Waals surface area (Å²) < 4.78 is 26.0. The third kappa shape index (κ3) is 3.54. The normalized spacial score (nSPS) is 18.0. The van der Waals surface area contributed by atoms with E-state index in [1.807, 2.05) is 6.92 Å². The predicted octanol–water partition coefficient (Wildman–Crippen LogP) is 4.59. The van der Waals surface area contributed by atoms with E-state index in [0.29, 0.717) is 22.3 Å². The zero-order valence-electron chi connectivity index (χ0n) is 12.9. The van der Waals surface area contributed by atoms with Crippen LogP contribution in [0.25, 0.3) is 6.08 Å². The molecule has 2 aromatic rings. The van der Waals surface area contributed by atoms with E-state index in [0.717, 1.165) is 5.56 Å². The standard InChI is InChI=1S/C18H14F2N2OS/c1-2-22-17(23)16(11-12-3-5-13(19)6-4-12)24-18(22)21-15-9-7-14(20)8-10-15/h3-11H,2H2,1H3/b16-11+,21-18?. The Morgan fingerprint density at radius 1 is 1.04 bits per heavy atom. The van der Waals surface area contributed by atoms with Crippen LogP contribution in [0.2, 0.25) is 0 Å². The van der Waals surface area contributed by atoms with Gasteiger partial charge in [-0.25, -0.2) is 13.8 Å². The highest BCUT2D eigenvalue weighted by Gasteiger charge is 2.32. The number of hydrogen-bond donors (Lipinski definition) is 0. The Hall–Kier alpha value is -2.47. The molecule has 1 aliphatic heterocycles. The lowest BCUT2D eigenvalue weighted by atomic mass is 10.2. The molecule has 0 aliphatic carbocycles. The number of thioether (sulfide) groups is 1. The van der Waals surface area contributed by atoms with Crippen molar-refractivity contribution >= 4 is 34.6 Å². The van der Waals surface area contributed by atoms with E-state index >= 15 is 0 Å². The van der Waals surface area contributed by atoms with Gasteiger partial charge in [-0.3, -0.25) is 9.69 Å². The van der Waals surface area contributed by atoms with Crippen molar-refractivity contribution in [1.82, 2.24) is 4.90 Å². The summed E-state index contributed by atoms with van der Waals surface area (Å²) in [5, 5.41) is 0.544. The molecular weight excluding hydrogens is 330 g/mol. The molecule has 0 unspecified atom stereocenters. The van der Waals surface area contributed by atoms with E-state index in [2.05, 4.69) is 4.99 Å². The van der Waals surface area contributed by atoms with Crippen LogP contribution in [0.1, 0.15) is 12.5 Å². The van der Waals surface area contributed by atoms with Gasteiger partial charge in [-0.15, -0.1) is 0 Å². The van der Waals surface area contributed by atoms with Gasteiger partial charge in [0.1, 0.15) is 11.6 Å². The Morgan fingerprint density at radius 2 is 1.62 bits per heavy atom. The predicted molar refractivity (Wildman–Crippen MR) is 92.9 cm³/mol. The molecule has 1 fully saturated rings. The molecule has 6 heteroatoms. The molecule has 1 heterocycles. The Bertz CT molecular complexity index is 814. The van der Waals surface area contributed by atoms with Crippen molar-refractivity contribution in [2.45, 2.75) is 6.92 Å². The molecule has 0 radical (unpaired) electrons. The number of amides is 1. The van der Waals surface area contributed by atoms with Crippen LogP contribution >= 0.6 is 11.8 Å². The lowest BCUT2D eigenvalue weighted by Crippen LogP contribution is -2.28. The van der Waals surface area contributed by atoms with Crippen molar-refractivity contribution in [2.75, 3.05) is 6.54 Å². The van der Waals surface area contributed by atoms with Crippen LogP contribution < -0.4 is 0 Å². The first-order valence-corrected chi connectivity index (χ1v) is 8.19. The highest BCUT2D eigenvalue weighted by Crippen LogP contribution is 2.33. The fourth-order valence-electron chi connectivity index (χ4n) is 2.21. The molecule has 0 atom stereocenters. The monoisotopic (exact) mass is 344 g/mol. The molecule has 0 saturated carbocycles. The molecule has 1 saturated heterocycles. The van der Waals surface area contributed by atoms with Gasteiger partial charge in [-0.2, -0.15) is 0 Å². The Labute approximate surface area is 142 Å². The molecule has 0 spiro atoms. The summed E-state index contributed by atoms with van der Waals surface area (Å²) in [6, 6.07) is 11.7. The van der Waals surface area contributed by atoms with Crippen molar-refractivity contribution < 1.29 is 13.6 Å². The van der Waals surface area contributed by atoms with Gasteiger partial charge >= 0.3 is 0 Å². The van der Waals surface area contributed by atoms with Gasteiger partial charge in [0.05, 0.1) is 10.6 Å². The number of benzene rings is 2. The van der Waals surface area contributed by atoms with Crippen LogP contribution in [0.15, 0.2) is 58.4 Å². The van der Waals surface area contributed by atoms with Crippen molar-refractivity contribution in [3.8, 4) is 0 Å². The van der Waals surface area contributed by atoms with E-state index in [4.69, 9.17) is 0 Å². The Morgan fingerprint density at radius 3 is 2.21 bits per heavy atom. The van der Waals surface area contributed by atoms with Crippen LogP contribution in [0.4, 0.5) is 14.5 Å². The van der Waals surface area contributed by atoms with Gasteiger partial charge in [0.25, 0.3) is 5.91 Å². The lowest BCUT2D eigenvalue weighted by Gasteiger charge is -2.11. The molecule has 24 heavy (non-hydrogen) atoms. The van der Waals surface area contributed by atoms with Crippen LogP contribution in [0.3, 0.4) is 0 Å². The van der Waals surface area contributed by atoms with E-state index in [1.54, 1.807) is 35.2 Å². The minimum absolute atomic E-state index is 0.146. The second kappa shape index (κ2) is 6.97. The summed E-state index contributed by atoms with van der Waals surface area (Å²) in [5.41, 5.74) is 1.32. The van der Waals surface area contributed by atoms with Gasteiger partial charge in [-0.1, -0.05) is 12.1 Å². The van der Waals surface area contributed by atoms with E-state index in [9.17, 15) is 13.6 Å². The number of carbonyl (C=O) groups is 1. The zero-order chi connectivity index (χ0) is 17.1. The molecule has 0 bridgehead atoms.